The number of aliphatic hydroxyl groups is 1. The minimum absolute atomic E-state index is 0.322. The van der Waals surface area contributed by atoms with Gasteiger partial charge in [-0.3, -0.25) is 0 Å². The summed E-state index contributed by atoms with van der Waals surface area (Å²) in [4.78, 5) is 0. The van der Waals surface area contributed by atoms with E-state index in [4.69, 9.17) is 0 Å². The molecule has 0 radical (unpaired) electrons. The molecule has 0 bridgehead atoms. The smallest absolute Gasteiger partial charge is 0.109 e. The van der Waals surface area contributed by atoms with Crippen LogP contribution >= 0.6 is 0 Å². The van der Waals surface area contributed by atoms with Gasteiger partial charge in [0.25, 0.3) is 0 Å². The van der Waals surface area contributed by atoms with Gasteiger partial charge in [0.1, 0.15) is 6.04 Å². The fourth-order valence-corrected chi connectivity index (χ4v) is 3.26. The molecule has 0 amide bonds. The number of quaternary nitrogens is 1. The van der Waals surface area contributed by atoms with E-state index in [1.165, 1.54) is 90.1 Å². The van der Waals surface area contributed by atoms with Gasteiger partial charge in [-0.15, -0.1) is 0 Å². The molecule has 0 saturated carbocycles. The molecule has 2 heteroatoms. The van der Waals surface area contributed by atoms with Gasteiger partial charge in [-0.05, 0) is 32.6 Å². The van der Waals surface area contributed by atoms with Gasteiger partial charge in [-0.25, -0.2) is 0 Å². The normalized spacial score (nSPS) is 13.5. The SMILES string of the molecule is CCCCCCCC[N+](C)(CCCCCCCC)C(C)CO. The Labute approximate surface area is 140 Å². The standard InChI is InChI=1S/C20H44NO/c1-5-7-9-11-13-15-17-21(4,20(3)19-22)18-16-14-12-10-8-6-2/h20,22H,5-19H2,1-4H3/q+1. The molecule has 0 aliphatic heterocycles. The largest absolute Gasteiger partial charge is 0.390 e. The summed E-state index contributed by atoms with van der Waals surface area (Å²) < 4.78 is 1.07. The number of aliphatic hydroxyl groups excluding tert-OH is 1. The first-order valence-electron chi connectivity index (χ1n) is 10.1. The number of hydrogen-bond acceptors (Lipinski definition) is 1. The molecule has 0 aromatic heterocycles. The van der Waals surface area contributed by atoms with Gasteiger partial charge in [0.05, 0.1) is 26.7 Å². The lowest BCUT2D eigenvalue weighted by Gasteiger charge is -2.39. The molecule has 0 aliphatic rings. The van der Waals surface area contributed by atoms with E-state index in [9.17, 15) is 5.11 Å². The van der Waals surface area contributed by atoms with Crippen LogP contribution in [0.25, 0.3) is 0 Å². The predicted octanol–water partition coefficient (Wildman–Crippen LogP) is 5.53. The van der Waals surface area contributed by atoms with Crippen LogP contribution < -0.4 is 0 Å². The third kappa shape index (κ3) is 10.6. The summed E-state index contributed by atoms with van der Waals surface area (Å²) in [6.45, 7) is 9.57. The van der Waals surface area contributed by atoms with Gasteiger partial charge in [0.15, 0.2) is 0 Å². The highest BCUT2D eigenvalue weighted by atomic mass is 16.3. The molecular formula is C20H44NO+. The third-order valence-electron chi connectivity index (χ3n) is 5.37. The summed E-state index contributed by atoms with van der Waals surface area (Å²) in [6.07, 6.45) is 16.4. The van der Waals surface area contributed by atoms with Crippen LogP contribution in [0.3, 0.4) is 0 Å². The summed E-state index contributed by atoms with van der Waals surface area (Å²) in [5.41, 5.74) is 0. The van der Waals surface area contributed by atoms with Crippen LogP contribution in [0.4, 0.5) is 0 Å². The molecular weight excluding hydrogens is 270 g/mol. The molecule has 0 saturated heterocycles. The Morgan fingerprint density at radius 2 is 1.05 bits per heavy atom. The summed E-state index contributed by atoms with van der Waals surface area (Å²) in [5, 5.41) is 9.60. The molecule has 0 spiro atoms. The monoisotopic (exact) mass is 314 g/mol. The summed E-state index contributed by atoms with van der Waals surface area (Å²) >= 11 is 0. The van der Waals surface area contributed by atoms with Gasteiger partial charge >= 0.3 is 0 Å². The number of hydrogen-bond donors (Lipinski definition) is 1. The second kappa shape index (κ2) is 14.5. The van der Waals surface area contributed by atoms with Gasteiger partial charge in [-0.1, -0.05) is 65.2 Å². The molecule has 0 heterocycles. The highest BCUT2D eigenvalue weighted by Gasteiger charge is 2.27. The van der Waals surface area contributed by atoms with E-state index in [1.54, 1.807) is 0 Å². The van der Waals surface area contributed by atoms with E-state index >= 15 is 0 Å². The second-order valence-electron chi connectivity index (χ2n) is 7.49. The lowest BCUT2D eigenvalue weighted by Crippen LogP contribution is -2.53. The number of likely N-dealkylation sites (N-methyl/N-ethyl adjacent to an activating group) is 1. The molecule has 1 atom stereocenters. The van der Waals surface area contributed by atoms with Crippen molar-refractivity contribution in [2.24, 2.45) is 0 Å². The van der Waals surface area contributed by atoms with Gasteiger partial charge < -0.3 is 9.59 Å². The highest BCUT2D eigenvalue weighted by Crippen LogP contribution is 2.17. The average molecular weight is 315 g/mol. The van der Waals surface area contributed by atoms with Crippen LogP contribution in [-0.4, -0.2) is 42.4 Å². The van der Waals surface area contributed by atoms with Crippen LogP contribution in [0.5, 0.6) is 0 Å². The Morgan fingerprint density at radius 3 is 1.41 bits per heavy atom. The van der Waals surface area contributed by atoms with Crippen LogP contribution in [0.2, 0.25) is 0 Å². The summed E-state index contributed by atoms with van der Waals surface area (Å²) in [7, 11) is 2.36. The molecule has 0 fully saturated rings. The molecule has 1 unspecified atom stereocenters. The van der Waals surface area contributed by atoms with Crippen molar-refractivity contribution in [2.45, 2.75) is 104 Å². The highest BCUT2D eigenvalue weighted by molar-refractivity contribution is 4.54. The predicted molar refractivity (Wildman–Crippen MR) is 99.2 cm³/mol. The van der Waals surface area contributed by atoms with Crippen molar-refractivity contribution in [3.05, 3.63) is 0 Å². The first kappa shape index (κ1) is 21.9. The molecule has 134 valence electrons. The van der Waals surface area contributed by atoms with E-state index in [0.29, 0.717) is 12.6 Å². The van der Waals surface area contributed by atoms with Crippen LogP contribution in [0.1, 0.15) is 97.8 Å². The minimum atomic E-state index is 0.322. The quantitative estimate of drug-likeness (QED) is 0.293. The molecule has 1 N–H and O–H groups in total. The summed E-state index contributed by atoms with van der Waals surface area (Å²) in [6, 6.07) is 0.381. The lowest BCUT2D eigenvalue weighted by molar-refractivity contribution is -0.932. The van der Waals surface area contributed by atoms with Crippen molar-refractivity contribution >= 4 is 0 Å². The topological polar surface area (TPSA) is 20.2 Å². The van der Waals surface area contributed by atoms with Crippen molar-refractivity contribution in [3.63, 3.8) is 0 Å². The number of rotatable bonds is 16. The average Bonchev–Trinajstić information content (AvgIpc) is 2.53. The fourth-order valence-electron chi connectivity index (χ4n) is 3.26. The van der Waals surface area contributed by atoms with Crippen molar-refractivity contribution in [2.75, 3.05) is 26.7 Å². The van der Waals surface area contributed by atoms with Crippen LogP contribution in [0, 0.1) is 0 Å². The maximum absolute atomic E-state index is 9.60. The zero-order valence-electron chi connectivity index (χ0n) is 16.1. The molecule has 0 aromatic rings. The lowest BCUT2D eigenvalue weighted by atomic mass is 10.1. The van der Waals surface area contributed by atoms with E-state index in [2.05, 4.69) is 27.8 Å². The Hall–Kier alpha value is -0.0800. The maximum atomic E-state index is 9.60. The number of nitrogens with zero attached hydrogens (tertiary/aromatic N) is 1. The second-order valence-corrected chi connectivity index (χ2v) is 7.49. The maximum Gasteiger partial charge on any atom is 0.109 e. The van der Waals surface area contributed by atoms with E-state index in [0.717, 1.165) is 4.48 Å². The molecule has 0 aliphatic carbocycles. The van der Waals surface area contributed by atoms with Crippen molar-refractivity contribution in [3.8, 4) is 0 Å². The van der Waals surface area contributed by atoms with Gasteiger partial charge in [0, 0.05) is 0 Å². The molecule has 22 heavy (non-hydrogen) atoms. The van der Waals surface area contributed by atoms with Crippen LogP contribution in [-0.2, 0) is 0 Å². The van der Waals surface area contributed by atoms with Gasteiger partial charge in [-0.2, -0.15) is 0 Å². The first-order chi connectivity index (χ1) is 10.6. The van der Waals surface area contributed by atoms with Crippen molar-refractivity contribution in [1.29, 1.82) is 0 Å². The molecule has 2 nitrogen and oxygen atoms in total. The van der Waals surface area contributed by atoms with E-state index in [1.807, 2.05) is 0 Å². The molecule has 0 aromatic carbocycles. The zero-order chi connectivity index (χ0) is 16.7. The zero-order valence-corrected chi connectivity index (χ0v) is 16.1. The van der Waals surface area contributed by atoms with Crippen molar-refractivity contribution < 1.29 is 9.59 Å². The molecule has 0 rings (SSSR count). The third-order valence-corrected chi connectivity index (χ3v) is 5.37. The number of unbranched alkanes of at least 4 members (excludes halogenated alkanes) is 10. The van der Waals surface area contributed by atoms with E-state index < -0.39 is 0 Å². The first-order valence-corrected chi connectivity index (χ1v) is 10.1. The Kier molecular flexibility index (Phi) is 14.5. The van der Waals surface area contributed by atoms with Gasteiger partial charge in [0.2, 0.25) is 0 Å². The Bertz CT molecular complexity index is 214. The summed E-state index contributed by atoms with van der Waals surface area (Å²) in [5.74, 6) is 0. The fraction of sp³-hybridized carbons (Fsp3) is 1.00. The Balaban J connectivity index is 3.96. The van der Waals surface area contributed by atoms with Crippen LogP contribution in [0.15, 0.2) is 0 Å². The van der Waals surface area contributed by atoms with E-state index in [-0.39, 0.29) is 0 Å². The minimum Gasteiger partial charge on any atom is -0.390 e. The van der Waals surface area contributed by atoms with Crippen molar-refractivity contribution in [1.82, 2.24) is 0 Å². The Morgan fingerprint density at radius 1 is 0.682 bits per heavy atom.